The van der Waals surface area contributed by atoms with Crippen molar-refractivity contribution >= 4 is 56.4 Å². The lowest BCUT2D eigenvalue weighted by Gasteiger charge is -2.40. The summed E-state index contributed by atoms with van der Waals surface area (Å²) < 4.78 is 16.6. The van der Waals surface area contributed by atoms with Crippen LogP contribution in [0, 0.1) is 28.8 Å². The Labute approximate surface area is 267 Å². The van der Waals surface area contributed by atoms with Crippen LogP contribution in [-0.2, 0) is 11.3 Å². The van der Waals surface area contributed by atoms with E-state index in [4.69, 9.17) is 23.2 Å². The average Bonchev–Trinajstić information content (AvgIpc) is 3.75. The molecule has 2 aliphatic rings. The fourth-order valence-corrected chi connectivity index (χ4v) is 7.08. The number of carbonyl (C=O) groups is 1. The van der Waals surface area contributed by atoms with Crippen LogP contribution >= 0.6 is 39.1 Å². The molecule has 5 rings (SSSR count). The van der Waals surface area contributed by atoms with Gasteiger partial charge in [-0.05, 0) is 74.1 Å². The topological polar surface area (TPSA) is 108 Å². The van der Waals surface area contributed by atoms with Crippen molar-refractivity contribution in [2.75, 3.05) is 18.5 Å². The molecule has 228 valence electrons. The zero-order valence-electron chi connectivity index (χ0n) is 23.6. The molecule has 12 heteroatoms. The van der Waals surface area contributed by atoms with E-state index in [-0.39, 0.29) is 29.4 Å². The van der Waals surface area contributed by atoms with Gasteiger partial charge in [0.25, 0.3) is 5.69 Å². The Bertz CT molecular complexity index is 1560. The van der Waals surface area contributed by atoms with Gasteiger partial charge in [-0.3, -0.25) is 19.8 Å². The number of nitrogens with zero attached hydrogens (tertiary/aromatic N) is 2. The molecule has 43 heavy (non-hydrogen) atoms. The molecule has 3 aromatic carbocycles. The van der Waals surface area contributed by atoms with Gasteiger partial charge in [0.05, 0.1) is 16.6 Å². The summed E-state index contributed by atoms with van der Waals surface area (Å²) in [4.78, 5) is 27.9. The minimum absolute atomic E-state index is 0.0463. The number of nitro benzene ring substituents is 1. The van der Waals surface area contributed by atoms with Gasteiger partial charge < -0.3 is 15.7 Å². The van der Waals surface area contributed by atoms with Crippen LogP contribution in [0.15, 0.2) is 59.1 Å². The molecule has 0 unspecified atom stereocenters. The maximum atomic E-state index is 15.9. The monoisotopic (exact) mass is 692 g/mol. The van der Waals surface area contributed by atoms with Crippen molar-refractivity contribution < 1.29 is 19.2 Å². The Morgan fingerprint density at radius 3 is 2.58 bits per heavy atom. The molecular formula is C31H32BrCl2FN4O4. The summed E-state index contributed by atoms with van der Waals surface area (Å²) in [6.45, 7) is 3.77. The van der Waals surface area contributed by atoms with Crippen molar-refractivity contribution in [1.82, 2.24) is 10.2 Å². The number of hydrogen-bond donors (Lipinski definition) is 3. The molecule has 3 aromatic rings. The highest BCUT2D eigenvalue weighted by Crippen LogP contribution is 2.49. The number of halogens is 4. The van der Waals surface area contributed by atoms with Gasteiger partial charge in [0.2, 0.25) is 5.91 Å². The maximum Gasteiger partial charge on any atom is 0.274 e. The van der Waals surface area contributed by atoms with E-state index in [1.165, 1.54) is 12.1 Å². The van der Waals surface area contributed by atoms with E-state index in [9.17, 15) is 20.0 Å². The lowest BCUT2D eigenvalue weighted by atomic mass is 9.77. The zero-order chi connectivity index (χ0) is 31.1. The van der Waals surface area contributed by atoms with E-state index in [1.807, 2.05) is 4.90 Å². The molecule has 1 saturated carbocycles. The van der Waals surface area contributed by atoms with Crippen molar-refractivity contribution in [2.45, 2.75) is 56.8 Å². The lowest BCUT2D eigenvalue weighted by molar-refractivity contribution is -0.385. The Kier molecular flexibility index (Phi) is 9.46. The van der Waals surface area contributed by atoms with E-state index in [0.717, 1.165) is 12.8 Å². The van der Waals surface area contributed by atoms with Crippen molar-refractivity contribution in [1.29, 1.82) is 0 Å². The van der Waals surface area contributed by atoms with Crippen LogP contribution in [-0.4, -0.2) is 51.6 Å². The number of hydrogen-bond acceptors (Lipinski definition) is 6. The van der Waals surface area contributed by atoms with E-state index < -0.39 is 40.2 Å². The molecule has 8 nitrogen and oxygen atoms in total. The van der Waals surface area contributed by atoms with Gasteiger partial charge in [0.1, 0.15) is 11.4 Å². The summed E-state index contributed by atoms with van der Waals surface area (Å²) in [7, 11) is 0. The molecule has 2 fully saturated rings. The van der Waals surface area contributed by atoms with Crippen LogP contribution in [0.4, 0.5) is 15.8 Å². The molecule has 3 N–H and O–H groups in total. The molecule has 0 aromatic heterocycles. The van der Waals surface area contributed by atoms with Crippen molar-refractivity contribution in [3.63, 3.8) is 0 Å². The second kappa shape index (κ2) is 12.8. The van der Waals surface area contributed by atoms with E-state index in [0.29, 0.717) is 38.8 Å². The van der Waals surface area contributed by atoms with Crippen LogP contribution in [0.3, 0.4) is 0 Å². The minimum atomic E-state index is -1.36. The van der Waals surface area contributed by atoms with Crippen LogP contribution in [0.25, 0.3) is 0 Å². The van der Waals surface area contributed by atoms with Crippen LogP contribution in [0.5, 0.6) is 0 Å². The third-order valence-electron chi connectivity index (χ3n) is 8.79. The SMILES string of the molecule is Cc1c(Br)ccc([N+](=O)[O-])c1CN[C@@H]1[C@H](CO)N(CC2CC2)[C@@](C)(C(=O)Nc2cccc(Cl)c2)[C@H]1c1cccc(Cl)c1F. The number of benzene rings is 3. The maximum absolute atomic E-state index is 15.9. The number of carbonyl (C=O) groups excluding carboxylic acids is 1. The summed E-state index contributed by atoms with van der Waals surface area (Å²) >= 11 is 15.9. The summed E-state index contributed by atoms with van der Waals surface area (Å²) in [6.07, 6.45) is 1.97. The number of aliphatic hydroxyl groups is 1. The van der Waals surface area contributed by atoms with Crippen LogP contribution in [0.1, 0.15) is 42.4 Å². The van der Waals surface area contributed by atoms with Gasteiger partial charge in [-0.25, -0.2) is 4.39 Å². The van der Waals surface area contributed by atoms with Crippen LogP contribution in [0.2, 0.25) is 10.0 Å². The van der Waals surface area contributed by atoms with Gasteiger partial charge >= 0.3 is 0 Å². The smallest absolute Gasteiger partial charge is 0.274 e. The quantitative estimate of drug-likeness (QED) is 0.159. The molecule has 1 heterocycles. The second-order valence-electron chi connectivity index (χ2n) is 11.4. The largest absolute Gasteiger partial charge is 0.395 e. The highest BCUT2D eigenvalue weighted by atomic mass is 79.9. The molecule has 1 amide bonds. The molecule has 4 atom stereocenters. The summed E-state index contributed by atoms with van der Waals surface area (Å²) in [6, 6.07) is 13.2. The Morgan fingerprint density at radius 1 is 1.21 bits per heavy atom. The van der Waals surface area contributed by atoms with E-state index in [1.54, 1.807) is 56.3 Å². The number of aliphatic hydroxyl groups excluding tert-OH is 1. The van der Waals surface area contributed by atoms with Crippen molar-refractivity contribution in [3.05, 3.63) is 102 Å². The number of amides is 1. The van der Waals surface area contributed by atoms with E-state index >= 15 is 4.39 Å². The van der Waals surface area contributed by atoms with Gasteiger partial charge in [-0.1, -0.05) is 57.3 Å². The molecule has 0 bridgehead atoms. The fourth-order valence-electron chi connectivity index (χ4n) is 6.34. The molecule has 1 aliphatic carbocycles. The molecule has 0 radical (unpaired) electrons. The number of nitro groups is 1. The summed E-state index contributed by atoms with van der Waals surface area (Å²) in [5.74, 6) is -1.57. The Hall–Kier alpha value is -2.60. The molecular weight excluding hydrogens is 662 g/mol. The predicted octanol–water partition coefficient (Wildman–Crippen LogP) is 6.84. The van der Waals surface area contributed by atoms with Gasteiger partial charge in [-0.2, -0.15) is 0 Å². The summed E-state index contributed by atoms with van der Waals surface area (Å²) in [5, 5.41) is 29.5. The third-order valence-corrected chi connectivity index (χ3v) is 10.2. The van der Waals surface area contributed by atoms with Crippen molar-refractivity contribution in [3.8, 4) is 0 Å². The number of likely N-dealkylation sites (tertiary alicyclic amines) is 1. The molecule has 1 saturated heterocycles. The normalized spacial score (nSPS) is 23.8. The van der Waals surface area contributed by atoms with Crippen LogP contribution < -0.4 is 10.6 Å². The third kappa shape index (κ3) is 6.18. The molecule has 0 spiro atoms. The number of anilines is 1. The number of nitrogens with one attached hydrogen (secondary N) is 2. The lowest BCUT2D eigenvalue weighted by Crippen LogP contribution is -2.56. The Morgan fingerprint density at radius 2 is 1.93 bits per heavy atom. The highest BCUT2D eigenvalue weighted by Gasteiger charge is 2.61. The first-order valence-corrected chi connectivity index (χ1v) is 15.6. The van der Waals surface area contributed by atoms with Gasteiger partial charge in [0.15, 0.2) is 0 Å². The average molecular weight is 694 g/mol. The first-order valence-electron chi connectivity index (χ1n) is 14.0. The fraction of sp³-hybridized carbons (Fsp3) is 0.387. The standard InChI is InChI=1S/C31H32BrCl2FN4O4/c1-17-22(25(39(42)43)12-11-23(17)32)14-36-29-26(16-40)38(15-18-9-10-18)31(2,27(29)21-7-4-8-24(34)28(21)35)30(41)37-20-6-3-5-19(33)13-20/h3-8,11-13,18,26-27,29,36,40H,9-10,14-16H2,1-2H3,(H,37,41)/t26-,27-,29+,31+/m0/s1. The van der Waals surface area contributed by atoms with E-state index in [2.05, 4.69) is 26.6 Å². The first-order chi connectivity index (χ1) is 20.5. The second-order valence-corrected chi connectivity index (χ2v) is 13.1. The predicted molar refractivity (Wildman–Crippen MR) is 169 cm³/mol. The van der Waals surface area contributed by atoms with Gasteiger partial charge in [0, 0.05) is 57.9 Å². The Balaban J connectivity index is 1.63. The first kappa shape index (κ1) is 31.8. The summed E-state index contributed by atoms with van der Waals surface area (Å²) in [5.41, 5.74) is 0.404. The van der Waals surface area contributed by atoms with Crippen molar-refractivity contribution in [2.24, 2.45) is 5.92 Å². The molecule has 1 aliphatic heterocycles. The minimum Gasteiger partial charge on any atom is -0.395 e. The van der Waals surface area contributed by atoms with Gasteiger partial charge in [-0.15, -0.1) is 0 Å². The zero-order valence-corrected chi connectivity index (χ0v) is 26.7. The highest BCUT2D eigenvalue weighted by molar-refractivity contribution is 9.10. The number of rotatable bonds is 10.